The van der Waals surface area contributed by atoms with Crippen LogP contribution in [0.3, 0.4) is 0 Å². The third-order valence-corrected chi connectivity index (χ3v) is 3.61. The average molecular weight is 220 g/mol. The third-order valence-electron chi connectivity index (χ3n) is 2.78. The van der Waals surface area contributed by atoms with Crippen LogP contribution in [0.2, 0.25) is 0 Å². The van der Waals surface area contributed by atoms with Crippen LogP contribution >= 0.6 is 11.3 Å². The quantitative estimate of drug-likeness (QED) is 0.785. The molecular formula is C10H12N4S. The summed E-state index contributed by atoms with van der Waals surface area (Å²) in [6, 6.07) is 2.36. The minimum atomic E-state index is 0.307. The summed E-state index contributed by atoms with van der Waals surface area (Å²) in [7, 11) is 0. The van der Waals surface area contributed by atoms with E-state index in [1.807, 2.05) is 11.7 Å². The van der Waals surface area contributed by atoms with Gasteiger partial charge in [-0.25, -0.2) is 9.97 Å². The van der Waals surface area contributed by atoms with Crippen LogP contribution in [0.5, 0.6) is 0 Å². The molecule has 5 heteroatoms. The summed E-state index contributed by atoms with van der Waals surface area (Å²) in [5.41, 5.74) is 9.83. The van der Waals surface area contributed by atoms with Crippen LogP contribution in [-0.2, 0) is 0 Å². The molecule has 78 valence electrons. The monoisotopic (exact) mass is 220 g/mol. The van der Waals surface area contributed by atoms with Gasteiger partial charge >= 0.3 is 0 Å². The van der Waals surface area contributed by atoms with Gasteiger partial charge in [0.25, 0.3) is 0 Å². The smallest absolute Gasteiger partial charge is 0.172 e. The minimum absolute atomic E-state index is 0.307. The fourth-order valence-corrected chi connectivity index (χ4v) is 2.80. The predicted molar refractivity (Wildman–Crippen MR) is 62.2 cm³/mol. The first-order valence-electron chi connectivity index (χ1n) is 5.03. The molecule has 0 amide bonds. The normalized spacial score (nSPS) is 21.4. The third kappa shape index (κ3) is 1.48. The molecule has 0 aromatic carbocycles. The lowest BCUT2D eigenvalue weighted by Crippen LogP contribution is -2.26. The van der Waals surface area contributed by atoms with Crippen LogP contribution in [0.25, 0.3) is 10.3 Å². The van der Waals surface area contributed by atoms with E-state index in [4.69, 9.17) is 5.73 Å². The Morgan fingerprint density at radius 3 is 3.20 bits per heavy atom. The standard InChI is InChI=1S/C10H12N4S/c11-7-2-4-14(5-7)8-1-3-12-10-9(8)15-6-13-10/h1,3,6-7H,2,4-5,11H2. The number of rotatable bonds is 1. The lowest BCUT2D eigenvalue weighted by atomic mass is 10.3. The highest BCUT2D eigenvalue weighted by Crippen LogP contribution is 2.30. The number of nitrogens with zero attached hydrogens (tertiary/aromatic N) is 3. The number of fused-ring (bicyclic) bond motifs is 1. The Hall–Kier alpha value is -1.20. The molecule has 1 aliphatic rings. The fourth-order valence-electron chi connectivity index (χ4n) is 2.02. The SMILES string of the molecule is NC1CCN(c2ccnc3ncsc23)C1. The van der Waals surface area contributed by atoms with Gasteiger partial charge < -0.3 is 10.6 Å². The number of aromatic nitrogens is 2. The number of hydrogen-bond acceptors (Lipinski definition) is 5. The van der Waals surface area contributed by atoms with Crippen molar-refractivity contribution in [1.29, 1.82) is 0 Å². The number of thiazole rings is 1. The second-order valence-electron chi connectivity index (χ2n) is 3.83. The summed E-state index contributed by atoms with van der Waals surface area (Å²) >= 11 is 1.65. The molecule has 1 saturated heterocycles. The maximum Gasteiger partial charge on any atom is 0.172 e. The van der Waals surface area contributed by atoms with Crippen molar-refractivity contribution in [3.05, 3.63) is 17.8 Å². The van der Waals surface area contributed by atoms with Gasteiger partial charge in [-0.15, -0.1) is 11.3 Å². The number of anilines is 1. The van der Waals surface area contributed by atoms with Crippen molar-refractivity contribution in [2.75, 3.05) is 18.0 Å². The van der Waals surface area contributed by atoms with E-state index in [1.54, 1.807) is 11.3 Å². The van der Waals surface area contributed by atoms with Gasteiger partial charge in [-0.2, -0.15) is 0 Å². The molecular weight excluding hydrogens is 208 g/mol. The largest absolute Gasteiger partial charge is 0.369 e. The van der Waals surface area contributed by atoms with Crippen molar-refractivity contribution < 1.29 is 0 Å². The fraction of sp³-hybridized carbons (Fsp3) is 0.400. The van der Waals surface area contributed by atoms with Gasteiger partial charge in [0.15, 0.2) is 5.65 Å². The van der Waals surface area contributed by atoms with Crippen molar-refractivity contribution in [3.8, 4) is 0 Å². The van der Waals surface area contributed by atoms with Gasteiger partial charge in [-0.3, -0.25) is 0 Å². The van der Waals surface area contributed by atoms with Gasteiger partial charge in [0.2, 0.25) is 0 Å². The van der Waals surface area contributed by atoms with Crippen LogP contribution in [0.1, 0.15) is 6.42 Å². The molecule has 3 heterocycles. The molecule has 15 heavy (non-hydrogen) atoms. The Labute approximate surface area is 91.7 Å². The summed E-state index contributed by atoms with van der Waals surface area (Å²) < 4.78 is 1.17. The summed E-state index contributed by atoms with van der Waals surface area (Å²) in [6.07, 6.45) is 2.89. The van der Waals surface area contributed by atoms with Crippen LogP contribution in [0, 0.1) is 0 Å². The maximum absolute atomic E-state index is 5.91. The average Bonchev–Trinajstić information content (AvgIpc) is 2.84. The molecule has 4 nitrogen and oxygen atoms in total. The Bertz CT molecular complexity index is 481. The lowest BCUT2D eigenvalue weighted by molar-refractivity contribution is 0.752. The Balaban J connectivity index is 2.06. The van der Waals surface area contributed by atoms with E-state index in [2.05, 4.69) is 20.9 Å². The van der Waals surface area contributed by atoms with Crippen molar-refractivity contribution >= 4 is 27.4 Å². The van der Waals surface area contributed by atoms with Gasteiger partial charge in [0.05, 0.1) is 15.9 Å². The zero-order chi connectivity index (χ0) is 10.3. The predicted octanol–water partition coefficient (Wildman–Crippen LogP) is 1.23. The summed E-state index contributed by atoms with van der Waals surface area (Å²) in [6.45, 7) is 1.98. The number of hydrogen-bond donors (Lipinski definition) is 1. The Kier molecular flexibility index (Phi) is 2.07. The van der Waals surface area contributed by atoms with Crippen LogP contribution in [-0.4, -0.2) is 29.1 Å². The molecule has 2 N–H and O–H groups in total. The van der Waals surface area contributed by atoms with Gasteiger partial charge in [0, 0.05) is 25.3 Å². The summed E-state index contributed by atoms with van der Waals surface area (Å²) in [5, 5.41) is 0. The summed E-state index contributed by atoms with van der Waals surface area (Å²) in [5.74, 6) is 0. The topological polar surface area (TPSA) is 55.0 Å². The molecule has 2 aromatic heterocycles. The Morgan fingerprint density at radius 1 is 1.47 bits per heavy atom. The van der Waals surface area contributed by atoms with Crippen molar-refractivity contribution in [1.82, 2.24) is 9.97 Å². The lowest BCUT2D eigenvalue weighted by Gasteiger charge is -2.17. The molecule has 1 atom stereocenters. The first-order chi connectivity index (χ1) is 7.34. The second kappa shape index (κ2) is 3.43. The molecule has 1 fully saturated rings. The van der Waals surface area contributed by atoms with Crippen molar-refractivity contribution in [2.45, 2.75) is 12.5 Å². The van der Waals surface area contributed by atoms with Crippen molar-refractivity contribution in [2.24, 2.45) is 5.73 Å². The van der Waals surface area contributed by atoms with E-state index >= 15 is 0 Å². The zero-order valence-corrected chi connectivity index (χ0v) is 9.07. The second-order valence-corrected chi connectivity index (χ2v) is 4.68. The van der Waals surface area contributed by atoms with Gasteiger partial charge in [-0.05, 0) is 12.5 Å². The molecule has 0 aliphatic carbocycles. The number of pyridine rings is 1. The van der Waals surface area contributed by atoms with E-state index in [0.717, 1.165) is 25.2 Å². The van der Waals surface area contributed by atoms with Crippen LogP contribution in [0.15, 0.2) is 17.8 Å². The van der Waals surface area contributed by atoms with Gasteiger partial charge in [0.1, 0.15) is 0 Å². The van der Waals surface area contributed by atoms with Crippen LogP contribution in [0.4, 0.5) is 5.69 Å². The summed E-state index contributed by atoms with van der Waals surface area (Å²) in [4.78, 5) is 10.8. The van der Waals surface area contributed by atoms with E-state index in [1.165, 1.54) is 10.4 Å². The van der Waals surface area contributed by atoms with Crippen LogP contribution < -0.4 is 10.6 Å². The van der Waals surface area contributed by atoms with E-state index in [0.29, 0.717) is 6.04 Å². The first-order valence-corrected chi connectivity index (χ1v) is 5.91. The highest BCUT2D eigenvalue weighted by Gasteiger charge is 2.21. The van der Waals surface area contributed by atoms with Crippen molar-refractivity contribution in [3.63, 3.8) is 0 Å². The molecule has 0 saturated carbocycles. The van der Waals surface area contributed by atoms with E-state index in [-0.39, 0.29) is 0 Å². The molecule has 0 bridgehead atoms. The highest BCUT2D eigenvalue weighted by molar-refractivity contribution is 7.17. The molecule has 0 spiro atoms. The first kappa shape index (κ1) is 9.06. The van der Waals surface area contributed by atoms with Gasteiger partial charge in [-0.1, -0.05) is 0 Å². The molecule has 1 unspecified atom stereocenters. The Morgan fingerprint density at radius 2 is 2.40 bits per heavy atom. The highest BCUT2D eigenvalue weighted by atomic mass is 32.1. The zero-order valence-electron chi connectivity index (χ0n) is 8.26. The maximum atomic E-state index is 5.91. The minimum Gasteiger partial charge on any atom is -0.369 e. The number of nitrogens with two attached hydrogens (primary N) is 1. The van der Waals surface area contributed by atoms with E-state index < -0.39 is 0 Å². The molecule has 3 rings (SSSR count). The molecule has 2 aromatic rings. The van der Waals surface area contributed by atoms with E-state index in [9.17, 15) is 0 Å². The molecule has 0 radical (unpaired) electrons. The molecule has 1 aliphatic heterocycles.